The van der Waals surface area contributed by atoms with Gasteiger partial charge in [0.15, 0.2) is 0 Å². The molecule has 1 aliphatic rings. The Morgan fingerprint density at radius 1 is 0.917 bits per heavy atom. The molecule has 0 unspecified atom stereocenters. The minimum Gasteiger partial charge on any atom is -0.392 e. The molecule has 5 heteroatoms. The van der Waals surface area contributed by atoms with Crippen molar-refractivity contribution in [3.63, 3.8) is 0 Å². The highest BCUT2D eigenvalue weighted by Gasteiger charge is 2.39. The molecule has 36 heavy (non-hydrogen) atoms. The predicted molar refractivity (Wildman–Crippen MR) is 141 cm³/mol. The Labute approximate surface area is 212 Å². The smallest absolute Gasteiger partial charge is 0.132 e. The van der Waals surface area contributed by atoms with Crippen LogP contribution in [0.2, 0.25) is 0 Å². The molecule has 0 amide bonds. The molecule has 1 aromatic heterocycles. The van der Waals surface area contributed by atoms with Crippen molar-refractivity contribution >= 4 is 5.78 Å². The highest BCUT2D eigenvalue weighted by Crippen LogP contribution is 2.40. The van der Waals surface area contributed by atoms with E-state index in [4.69, 9.17) is 9.84 Å². The summed E-state index contributed by atoms with van der Waals surface area (Å²) in [6.07, 6.45) is 2.56. The molecule has 1 heterocycles. The van der Waals surface area contributed by atoms with Crippen LogP contribution in [0, 0.1) is 6.92 Å². The molecule has 184 valence electrons. The van der Waals surface area contributed by atoms with Crippen LogP contribution >= 0.6 is 0 Å². The normalized spacial score (nSPS) is 15.2. The molecule has 0 radical (unpaired) electrons. The second-order valence-electron chi connectivity index (χ2n) is 9.81. The van der Waals surface area contributed by atoms with Crippen LogP contribution in [0.3, 0.4) is 0 Å². The quantitative estimate of drug-likeness (QED) is 0.339. The zero-order valence-corrected chi connectivity index (χ0v) is 20.7. The number of rotatable bonds is 8. The van der Waals surface area contributed by atoms with Crippen LogP contribution in [0.25, 0.3) is 16.9 Å². The van der Waals surface area contributed by atoms with Gasteiger partial charge in [0.25, 0.3) is 0 Å². The van der Waals surface area contributed by atoms with Gasteiger partial charge >= 0.3 is 0 Å². The Hall–Kier alpha value is -3.54. The van der Waals surface area contributed by atoms with Gasteiger partial charge in [0.05, 0.1) is 36.9 Å². The number of hydrogen-bond donors (Lipinski definition) is 1. The van der Waals surface area contributed by atoms with Crippen molar-refractivity contribution < 1.29 is 14.6 Å². The number of aromatic nitrogens is 2. The molecule has 0 aliphatic heterocycles. The average Bonchev–Trinajstić information content (AvgIpc) is 3.37. The minimum absolute atomic E-state index is 0.00531. The number of ketones is 1. The summed E-state index contributed by atoms with van der Waals surface area (Å²) >= 11 is 0. The van der Waals surface area contributed by atoms with E-state index >= 15 is 0 Å². The molecule has 5 nitrogen and oxygen atoms in total. The van der Waals surface area contributed by atoms with Gasteiger partial charge in [0, 0.05) is 23.8 Å². The van der Waals surface area contributed by atoms with Crippen LogP contribution < -0.4 is 0 Å². The zero-order valence-electron chi connectivity index (χ0n) is 20.7. The molecular weight excluding hydrogens is 448 g/mol. The van der Waals surface area contributed by atoms with Crippen molar-refractivity contribution in [1.29, 1.82) is 0 Å². The van der Waals surface area contributed by atoms with Crippen molar-refractivity contribution in [3.8, 4) is 16.9 Å². The van der Waals surface area contributed by atoms with Gasteiger partial charge in [-0.1, -0.05) is 72.3 Å². The first-order valence-electron chi connectivity index (χ1n) is 12.6. The van der Waals surface area contributed by atoms with Gasteiger partial charge in [-0.2, -0.15) is 5.10 Å². The summed E-state index contributed by atoms with van der Waals surface area (Å²) in [4.78, 5) is 12.2. The van der Waals surface area contributed by atoms with Gasteiger partial charge in [0.2, 0.25) is 0 Å². The number of ether oxygens (including phenoxy) is 1. The highest BCUT2D eigenvalue weighted by atomic mass is 16.5. The largest absolute Gasteiger partial charge is 0.392 e. The fourth-order valence-corrected chi connectivity index (χ4v) is 4.93. The van der Waals surface area contributed by atoms with Crippen LogP contribution in [0.5, 0.6) is 0 Å². The van der Waals surface area contributed by atoms with E-state index in [0.717, 1.165) is 46.6 Å². The van der Waals surface area contributed by atoms with E-state index < -0.39 is 0 Å². The average molecular weight is 481 g/mol. The molecular formula is C31H32N2O3. The summed E-state index contributed by atoms with van der Waals surface area (Å²) in [6, 6.07) is 28.6. The Morgan fingerprint density at radius 2 is 1.61 bits per heavy atom. The molecule has 1 aliphatic carbocycles. The molecule has 0 spiro atoms. The monoisotopic (exact) mass is 480 g/mol. The van der Waals surface area contributed by atoms with Crippen LogP contribution in [-0.2, 0) is 28.2 Å². The summed E-state index contributed by atoms with van der Waals surface area (Å²) in [5.41, 5.74) is 6.85. The van der Waals surface area contributed by atoms with Crippen molar-refractivity contribution in [2.75, 3.05) is 6.61 Å². The summed E-state index contributed by atoms with van der Waals surface area (Å²) in [5, 5.41) is 14.6. The van der Waals surface area contributed by atoms with E-state index in [9.17, 15) is 9.90 Å². The molecule has 1 fully saturated rings. The second kappa shape index (κ2) is 10.6. The number of Topliss-reactive ketones (excluding diaryl/α,β-unsaturated/α-hetero) is 1. The lowest BCUT2D eigenvalue weighted by atomic mass is 9.72. The van der Waals surface area contributed by atoms with Gasteiger partial charge in [-0.05, 0) is 49.1 Å². The fourth-order valence-electron chi connectivity index (χ4n) is 4.93. The zero-order chi connectivity index (χ0) is 25.0. The number of hydrogen-bond acceptors (Lipinski definition) is 4. The summed E-state index contributed by atoms with van der Waals surface area (Å²) in [5.74, 6) is 0.312. The van der Waals surface area contributed by atoms with Crippen LogP contribution in [0.4, 0.5) is 0 Å². The Kier molecular flexibility index (Phi) is 7.12. The lowest BCUT2D eigenvalue weighted by Crippen LogP contribution is -2.37. The van der Waals surface area contributed by atoms with Crippen molar-refractivity contribution in [1.82, 2.24) is 9.78 Å². The van der Waals surface area contributed by atoms with Crippen molar-refractivity contribution in [2.24, 2.45) is 0 Å². The van der Waals surface area contributed by atoms with Gasteiger partial charge in [-0.15, -0.1) is 0 Å². The second-order valence-corrected chi connectivity index (χ2v) is 9.81. The SMILES string of the molecule is Cc1ccc(-c2cc(C3(COCc4ccccc4)CCC(=O)CC3)nn2-c2ccc(CO)cc2)cc1. The van der Waals surface area contributed by atoms with Crippen LogP contribution in [0.1, 0.15) is 48.1 Å². The van der Waals surface area contributed by atoms with Gasteiger partial charge in [-0.3, -0.25) is 4.79 Å². The minimum atomic E-state index is -0.321. The van der Waals surface area contributed by atoms with E-state index in [1.165, 1.54) is 5.56 Å². The van der Waals surface area contributed by atoms with E-state index in [1.807, 2.05) is 47.1 Å². The maximum Gasteiger partial charge on any atom is 0.132 e. The third-order valence-electron chi connectivity index (χ3n) is 7.22. The summed E-state index contributed by atoms with van der Waals surface area (Å²) < 4.78 is 8.25. The van der Waals surface area contributed by atoms with E-state index in [1.54, 1.807) is 0 Å². The molecule has 0 atom stereocenters. The Balaban J connectivity index is 1.53. The maximum atomic E-state index is 12.2. The first kappa shape index (κ1) is 24.2. The number of benzene rings is 3. The van der Waals surface area contributed by atoms with Crippen molar-refractivity contribution in [3.05, 3.63) is 107 Å². The van der Waals surface area contributed by atoms with Gasteiger partial charge < -0.3 is 9.84 Å². The van der Waals surface area contributed by atoms with E-state index in [2.05, 4.69) is 49.4 Å². The predicted octanol–water partition coefficient (Wildman–Crippen LogP) is 5.94. The van der Waals surface area contributed by atoms with Crippen LogP contribution in [0.15, 0.2) is 84.9 Å². The first-order valence-corrected chi connectivity index (χ1v) is 12.6. The third-order valence-corrected chi connectivity index (χ3v) is 7.22. The van der Waals surface area contributed by atoms with Gasteiger partial charge in [0.1, 0.15) is 5.78 Å². The Bertz CT molecular complexity index is 1300. The molecule has 0 bridgehead atoms. The number of aliphatic hydroxyl groups excluding tert-OH is 1. The van der Waals surface area contributed by atoms with E-state index in [-0.39, 0.29) is 12.0 Å². The molecule has 1 N–H and O–H groups in total. The number of aliphatic hydroxyl groups is 1. The molecule has 5 rings (SSSR count). The number of nitrogens with zero attached hydrogens (tertiary/aromatic N) is 2. The molecule has 4 aromatic rings. The summed E-state index contributed by atoms with van der Waals surface area (Å²) in [7, 11) is 0. The Morgan fingerprint density at radius 3 is 2.28 bits per heavy atom. The van der Waals surface area contributed by atoms with Crippen molar-refractivity contribution in [2.45, 2.75) is 51.2 Å². The third kappa shape index (κ3) is 5.18. The van der Waals surface area contributed by atoms with E-state index in [0.29, 0.717) is 31.8 Å². The molecule has 0 saturated heterocycles. The first-order chi connectivity index (χ1) is 17.6. The van der Waals surface area contributed by atoms with Gasteiger partial charge in [-0.25, -0.2) is 4.68 Å². The number of carbonyl (C=O) groups excluding carboxylic acids is 1. The van der Waals surface area contributed by atoms with Crippen LogP contribution in [-0.4, -0.2) is 27.3 Å². The summed E-state index contributed by atoms with van der Waals surface area (Å²) in [6.45, 7) is 3.14. The lowest BCUT2D eigenvalue weighted by Gasteiger charge is -2.35. The molecule has 1 saturated carbocycles. The lowest BCUT2D eigenvalue weighted by molar-refractivity contribution is -0.122. The number of carbonyl (C=O) groups is 1. The fraction of sp³-hybridized carbons (Fsp3) is 0.290. The molecule has 3 aromatic carbocycles. The maximum absolute atomic E-state index is 12.2. The topological polar surface area (TPSA) is 64.3 Å². The number of aryl methyl sites for hydroxylation is 1. The highest BCUT2D eigenvalue weighted by molar-refractivity contribution is 5.79. The standard InChI is InChI=1S/C31H32N2O3/c1-23-7-11-26(12-8-23)29-19-30(32-33(29)27-13-9-24(20-34)10-14-27)31(17-15-28(35)16-18-31)22-36-21-25-5-3-2-4-6-25/h2-14,19,34H,15-18,20-22H2,1H3.